The predicted octanol–water partition coefficient (Wildman–Crippen LogP) is 2.82. The Balaban J connectivity index is 1.97. The van der Waals surface area contributed by atoms with Crippen LogP contribution in [0.2, 0.25) is 0 Å². The average molecular weight is 456 g/mol. The summed E-state index contributed by atoms with van der Waals surface area (Å²) in [5, 5.41) is 13.1. The molecule has 10 nitrogen and oxygen atoms in total. The number of fused-ring (bicyclic) bond motifs is 1. The molecule has 1 aromatic heterocycles. The van der Waals surface area contributed by atoms with Crippen LogP contribution in [0.25, 0.3) is 11.0 Å². The molecule has 2 aromatic carbocycles. The van der Waals surface area contributed by atoms with Gasteiger partial charge in [-0.05, 0) is 38.1 Å². The molecule has 10 heteroatoms. The maximum atomic E-state index is 13.1. The molecule has 0 bridgehead atoms. The number of nitrogens with zero attached hydrogens (tertiary/aromatic N) is 2. The Morgan fingerprint density at radius 1 is 0.909 bits per heavy atom. The quantitative estimate of drug-likeness (QED) is 0.272. The molecule has 0 radical (unpaired) electrons. The maximum absolute atomic E-state index is 13.1. The lowest BCUT2D eigenvalue weighted by Gasteiger charge is -2.13. The lowest BCUT2D eigenvalue weighted by Crippen LogP contribution is -2.39. The summed E-state index contributed by atoms with van der Waals surface area (Å²) in [4.78, 5) is 29.6. The van der Waals surface area contributed by atoms with Crippen molar-refractivity contribution in [2.75, 3.05) is 27.4 Å². The fraction of sp³-hybridized carbons (Fsp3) is 0.304. The van der Waals surface area contributed by atoms with Crippen LogP contribution in [0, 0.1) is 5.21 Å². The molecule has 3 aromatic rings. The highest BCUT2D eigenvalue weighted by atomic mass is 16.5. The minimum atomic E-state index is -0.877. The first kappa shape index (κ1) is 23.6. The zero-order chi connectivity index (χ0) is 24.0. The number of esters is 2. The minimum absolute atomic E-state index is 0.0386. The number of hydrogen-bond donors (Lipinski definition) is 0. The van der Waals surface area contributed by atoms with Gasteiger partial charge in [-0.3, -0.25) is 0 Å². The van der Waals surface area contributed by atoms with Crippen molar-refractivity contribution in [3.05, 3.63) is 58.6 Å². The molecule has 174 valence electrons. The molecule has 3 rings (SSSR count). The molecular weight excluding hydrogens is 432 g/mol. The van der Waals surface area contributed by atoms with E-state index in [0.29, 0.717) is 34.1 Å². The predicted molar refractivity (Wildman–Crippen MR) is 116 cm³/mol. The number of hydrogen-bond acceptors (Lipinski definition) is 9. The Labute approximate surface area is 190 Å². The van der Waals surface area contributed by atoms with E-state index in [9.17, 15) is 14.8 Å². The molecule has 0 amide bonds. The topological polar surface area (TPSA) is 120 Å². The average Bonchev–Trinajstić information content (AvgIpc) is 2.82. The number of rotatable bonds is 9. The number of methoxy groups -OCH3 is 2. The van der Waals surface area contributed by atoms with Gasteiger partial charge in [-0.2, -0.15) is 4.73 Å². The normalized spacial score (nSPS) is 10.5. The molecule has 0 aliphatic heterocycles. The lowest BCUT2D eigenvalue weighted by atomic mass is 10.2. The van der Waals surface area contributed by atoms with E-state index in [1.165, 1.54) is 32.4 Å². The molecule has 33 heavy (non-hydrogen) atoms. The Morgan fingerprint density at radius 3 is 2.21 bits per heavy atom. The molecule has 0 saturated heterocycles. The second kappa shape index (κ2) is 10.5. The summed E-state index contributed by atoms with van der Waals surface area (Å²) in [6.45, 7) is 3.46. The van der Waals surface area contributed by atoms with E-state index < -0.39 is 18.5 Å². The van der Waals surface area contributed by atoms with Crippen LogP contribution in [0.5, 0.6) is 17.2 Å². The molecule has 0 aliphatic rings. The van der Waals surface area contributed by atoms with Crippen LogP contribution in [-0.2, 0) is 16.1 Å². The van der Waals surface area contributed by atoms with Gasteiger partial charge in [-0.15, -0.1) is 0 Å². The fourth-order valence-corrected chi connectivity index (χ4v) is 3.10. The second-order valence-electron chi connectivity index (χ2n) is 6.68. The summed E-state index contributed by atoms with van der Waals surface area (Å²) in [6.07, 6.45) is 0. The van der Waals surface area contributed by atoms with Crippen molar-refractivity contribution in [1.29, 1.82) is 0 Å². The molecule has 0 spiro atoms. The van der Waals surface area contributed by atoms with Gasteiger partial charge in [0.05, 0.1) is 39.1 Å². The van der Waals surface area contributed by atoms with Crippen LogP contribution in [0.3, 0.4) is 0 Å². The third kappa shape index (κ3) is 5.22. The van der Waals surface area contributed by atoms with Crippen molar-refractivity contribution in [2.45, 2.75) is 20.5 Å². The standard InChI is InChI=1S/C23H24N2O8/c1-5-31-15-7-8-18-20(12-15)25(28)21(23(27)32-6-2)19(24-18)13-33-22(26)14-9-16(29-3)11-17(10-14)30-4/h7-12H,5-6,13H2,1-4H3. The third-order valence-electron chi connectivity index (χ3n) is 4.60. The molecule has 0 unspecified atom stereocenters. The Kier molecular flexibility index (Phi) is 7.50. The van der Waals surface area contributed by atoms with E-state index in [-0.39, 0.29) is 29.1 Å². The Morgan fingerprint density at radius 2 is 1.61 bits per heavy atom. The van der Waals surface area contributed by atoms with Crippen molar-refractivity contribution in [3.63, 3.8) is 0 Å². The Hall–Kier alpha value is -4.08. The SMILES string of the molecule is CCOC(=O)c1c(COC(=O)c2cc(OC)cc(OC)c2)nc2ccc(OCC)cc2[n+]1[O-]. The smallest absolute Gasteiger partial charge is 0.407 e. The van der Waals surface area contributed by atoms with E-state index in [2.05, 4.69) is 4.98 Å². The van der Waals surface area contributed by atoms with E-state index in [0.717, 1.165) is 0 Å². The summed E-state index contributed by atoms with van der Waals surface area (Å²) < 4.78 is 26.5. The summed E-state index contributed by atoms with van der Waals surface area (Å²) in [6, 6.07) is 9.29. The van der Waals surface area contributed by atoms with Gasteiger partial charge >= 0.3 is 17.6 Å². The molecule has 0 fully saturated rings. The van der Waals surface area contributed by atoms with Gasteiger partial charge in [0, 0.05) is 6.07 Å². The first-order valence-electron chi connectivity index (χ1n) is 10.2. The van der Waals surface area contributed by atoms with Gasteiger partial charge < -0.3 is 28.9 Å². The summed E-state index contributed by atoms with van der Waals surface area (Å²) in [5.41, 5.74) is 0.186. The monoisotopic (exact) mass is 456 g/mol. The first-order valence-corrected chi connectivity index (χ1v) is 10.2. The first-order chi connectivity index (χ1) is 15.9. The van der Waals surface area contributed by atoms with Gasteiger partial charge in [0.2, 0.25) is 5.52 Å². The number of ether oxygens (including phenoxy) is 5. The van der Waals surface area contributed by atoms with Crippen LogP contribution in [0.1, 0.15) is 40.4 Å². The van der Waals surface area contributed by atoms with E-state index >= 15 is 0 Å². The number of carbonyl (C=O) groups is 2. The van der Waals surface area contributed by atoms with Gasteiger partial charge in [0.1, 0.15) is 29.4 Å². The molecule has 0 saturated carbocycles. The fourth-order valence-electron chi connectivity index (χ4n) is 3.10. The summed E-state index contributed by atoms with van der Waals surface area (Å²) in [7, 11) is 2.91. The van der Waals surface area contributed by atoms with Crippen LogP contribution >= 0.6 is 0 Å². The van der Waals surface area contributed by atoms with Crippen LogP contribution in [-0.4, -0.2) is 44.4 Å². The zero-order valence-corrected chi connectivity index (χ0v) is 18.7. The van der Waals surface area contributed by atoms with Crippen molar-refractivity contribution < 1.29 is 38.0 Å². The van der Waals surface area contributed by atoms with Gasteiger partial charge in [-0.1, -0.05) is 0 Å². The lowest BCUT2D eigenvalue weighted by molar-refractivity contribution is -0.581. The van der Waals surface area contributed by atoms with Crippen molar-refractivity contribution in [3.8, 4) is 17.2 Å². The largest absolute Gasteiger partial charge is 0.618 e. The minimum Gasteiger partial charge on any atom is -0.618 e. The van der Waals surface area contributed by atoms with Gasteiger partial charge in [-0.25, -0.2) is 14.6 Å². The van der Waals surface area contributed by atoms with Crippen molar-refractivity contribution in [1.82, 2.24) is 4.98 Å². The summed E-state index contributed by atoms with van der Waals surface area (Å²) >= 11 is 0. The molecule has 0 atom stereocenters. The summed E-state index contributed by atoms with van der Waals surface area (Å²) in [5.74, 6) is -0.331. The number of benzene rings is 2. The van der Waals surface area contributed by atoms with Crippen LogP contribution in [0.4, 0.5) is 0 Å². The van der Waals surface area contributed by atoms with Crippen LogP contribution < -0.4 is 18.9 Å². The Bertz CT molecular complexity index is 1160. The van der Waals surface area contributed by atoms with Crippen molar-refractivity contribution in [2.24, 2.45) is 0 Å². The zero-order valence-electron chi connectivity index (χ0n) is 18.7. The highest BCUT2D eigenvalue weighted by Crippen LogP contribution is 2.24. The molecular formula is C23H24N2O8. The molecule has 1 heterocycles. The highest BCUT2D eigenvalue weighted by Gasteiger charge is 2.29. The number of aromatic nitrogens is 2. The van der Waals surface area contributed by atoms with Gasteiger partial charge in [0.25, 0.3) is 0 Å². The highest BCUT2D eigenvalue weighted by molar-refractivity contribution is 5.91. The number of carbonyl (C=O) groups excluding carboxylic acids is 2. The molecule has 0 N–H and O–H groups in total. The van der Waals surface area contributed by atoms with Crippen LogP contribution in [0.15, 0.2) is 36.4 Å². The maximum Gasteiger partial charge on any atom is 0.407 e. The van der Waals surface area contributed by atoms with E-state index in [1.54, 1.807) is 25.1 Å². The van der Waals surface area contributed by atoms with E-state index in [4.69, 9.17) is 23.7 Å². The van der Waals surface area contributed by atoms with Crippen molar-refractivity contribution >= 4 is 23.0 Å². The van der Waals surface area contributed by atoms with E-state index in [1.807, 2.05) is 6.92 Å². The second-order valence-corrected chi connectivity index (χ2v) is 6.68. The van der Waals surface area contributed by atoms with Gasteiger partial charge in [0.15, 0.2) is 5.69 Å². The molecule has 0 aliphatic carbocycles. The third-order valence-corrected chi connectivity index (χ3v) is 4.60.